The van der Waals surface area contributed by atoms with Gasteiger partial charge in [0.2, 0.25) is 15.9 Å². The number of halogens is 3. The first-order valence-corrected chi connectivity index (χ1v) is 14.8. The standard InChI is InChI=1S/C18H22ClF2N3O4SSi/c1-30(2,3)7-6-27-11-24-17-13(10-29(24,25)26)12(4-5-14(17)19)15-8-23-16(9-22-15)28-18(20)21/h4-5,8-9,18H,6-7,10-11H2,1-3H3. The maximum absolute atomic E-state index is 12.8. The molecule has 0 fully saturated rings. The smallest absolute Gasteiger partial charge is 0.388 e. The molecule has 0 radical (unpaired) electrons. The van der Waals surface area contributed by atoms with Crippen molar-refractivity contribution in [3.8, 4) is 17.1 Å². The monoisotopic (exact) mass is 477 g/mol. The SMILES string of the molecule is C[Si](C)(C)CCOCN1c2c(Cl)ccc(-c3cnc(OC(F)F)cn3)c2CS1(=O)=O. The molecule has 0 spiro atoms. The molecule has 1 aliphatic heterocycles. The van der Waals surface area contributed by atoms with Crippen LogP contribution in [0.25, 0.3) is 11.3 Å². The Hall–Kier alpha value is -1.82. The van der Waals surface area contributed by atoms with Crippen LogP contribution in [-0.4, -0.2) is 46.4 Å². The summed E-state index contributed by atoms with van der Waals surface area (Å²) < 4.78 is 61.2. The summed E-state index contributed by atoms with van der Waals surface area (Å²) >= 11 is 6.32. The Kier molecular flexibility index (Phi) is 6.65. The van der Waals surface area contributed by atoms with Gasteiger partial charge in [0.05, 0.1) is 34.6 Å². The highest BCUT2D eigenvalue weighted by Crippen LogP contribution is 2.44. The third-order valence-corrected chi connectivity index (χ3v) is 8.09. The molecule has 0 atom stereocenters. The highest BCUT2D eigenvalue weighted by Gasteiger charge is 2.37. The third-order valence-electron chi connectivity index (χ3n) is 4.46. The predicted molar refractivity (Wildman–Crippen MR) is 113 cm³/mol. The molecule has 0 saturated carbocycles. The van der Waals surface area contributed by atoms with Gasteiger partial charge in [-0.25, -0.2) is 22.7 Å². The van der Waals surface area contributed by atoms with Crippen LogP contribution in [0.2, 0.25) is 30.7 Å². The van der Waals surface area contributed by atoms with E-state index in [4.69, 9.17) is 16.3 Å². The number of ether oxygens (including phenoxy) is 2. The second-order valence-electron chi connectivity index (χ2n) is 7.99. The second kappa shape index (κ2) is 8.73. The summed E-state index contributed by atoms with van der Waals surface area (Å²) in [5.41, 5.74) is 1.63. The lowest BCUT2D eigenvalue weighted by Crippen LogP contribution is -2.31. The molecule has 1 aromatic carbocycles. The van der Waals surface area contributed by atoms with Crippen LogP contribution in [0.15, 0.2) is 24.5 Å². The lowest BCUT2D eigenvalue weighted by Gasteiger charge is -2.21. The summed E-state index contributed by atoms with van der Waals surface area (Å²) in [6.07, 6.45) is 2.31. The van der Waals surface area contributed by atoms with E-state index in [1.807, 2.05) is 0 Å². The number of fused-ring (bicyclic) bond motifs is 1. The molecule has 0 saturated heterocycles. The quantitative estimate of drug-likeness (QED) is 0.415. The van der Waals surface area contributed by atoms with Crippen LogP contribution in [0, 0.1) is 0 Å². The molecule has 12 heteroatoms. The molecular weight excluding hydrogens is 456 g/mol. The molecule has 2 aromatic rings. The normalized spacial score (nSPS) is 15.5. The fourth-order valence-electron chi connectivity index (χ4n) is 2.94. The maximum Gasteiger partial charge on any atom is 0.388 e. The summed E-state index contributed by atoms with van der Waals surface area (Å²) in [6, 6.07) is 4.10. The minimum Gasteiger partial charge on any atom is -0.415 e. The van der Waals surface area contributed by atoms with Crippen LogP contribution in [0.4, 0.5) is 14.5 Å². The zero-order valence-corrected chi connectivity index (χ0v) is 19.3. The van der Waals surface area contributed by atoms with Gasteiger partial charge >= 0.3 is 6.61 Å². The van der Waals surface area contributed by atoms with E-state index >= 15 is 0 Å². The number of alkyl halides is 2. The zero-order valence-electron chi connectivity index (χ0n) is 16.7. The van der Waals surface area contributed by atoms with Crippen LogP contribution >= 0.6 is 11.6 Å². The van der Waals surface area contributed by atoms with E-state index in [0.717, 1.165) is 12.2 Å². The maximum atomic E-state index is 12.8. The van der Waals surface area contributed by atoms with Crippen molar-refractivity contribution in [3.05, 3.63) is 35.1 Å². The summed E-state index contributed by atoms with van der Waals surface area (Å²) in [6.45, 7) is 3.95. The summed E-state index contributed by atoms with van der Waals surface area (Å²) in [7, 11) is -4.99. The number of aromatic nitrogens is 2. The molecule has 1 aromatic heterocycles. The van der Waals surface area contributed by atoms with Crippen molar-refractivity contribution in [2.24, 2.45) is 0 Å². The van der Waals surface area contributed by atoms with Gasteiger partial charge in [0.1, 0.15) is 6.73 Å². The fraction of sp³-hybridized carbons (Fsp3) is 0.444. The number of benzene rings is 1. The molecule has 2 heterocycles. The molecule has 164 valence electrons. The van der Waals surface area contributed by atoms with Crippen LogP contribution in [0.1, 0.15) is 5.56 Å². The third kappa shape index (κ3) is 5.26. The fourth-order valence-corrected chi connectivity index (χ4v) is 5.56. The van der Waals surface area contributed by atoms with Crippen molar-refractivity contribution in [1.82, 2.24) is 9.97 Å². The first kappa shape index (κ1) is 22.9. The van der Waals surface area contributed by atoms with Crippen LogP contribution in [0.5, 0.6) is 5.88 Å². The van der Waals surface area contributed by atoms with Crippen molar-refractivity contribution >= 4 is 35.4 Å². The molecule has 0 N–H and O–H groups in total. The van der Waals surface area contributed by atoms with E-state index < -0.39 is 24.7 Å². The first-order chi connectivity index (χ1) is 14.0. The Labute approximate surface area is 180 Å². The molecule has 7 nitrogen and oxygen atoms in total. The van der Waals surface area contributed by atoms with E-state index in [1.165, 1.54) is 10.5 Å². The Morgan fingerprint density at radius 2 is 1.97 bits per heavy atom. The van der Waals surface area contributed by atoms with E-state index in [2.05, 4.69) is 34.3 Å². The summed E-state index contributed by atoms with van der Waals surface area (Å²) in [4.78, 5) is 7.88. The Bertz CT molecular complexity index is 1020. The van der Waals surface area contributed by atoms with E-state index in [9.17, 15) is 17.2 Å². The highest BCUT2D eigenvalue weighted by molar-refractivity contribution is 7.92. The van der Waals surface area contributed by atoms with Crippen molar-refractivity contribution in [3.63, 3.8) is 0 Å². The number of anilines is 1. The average Bonchev–Trinajstić information content (AvgIpc) is 2.90. The van der Waals surface area contributed by atoms with Gasteiger partial charge in [-0.15, -0.1) is 0 Å². The molecule has 0 amide bonds. The van der Waals surface area contributed by atoms with Gasteiger partial charge in [-0.3, -0.25) is 0 Å². The Morgan fingerprint density at radius 1 is 1.23 bits per heavy atom. The van der Waals surface area contributed by atoms with Crippen LogP contribution in [0.3, 0.4) is 0 Å². The second-order valence-corrected chi connectivity index (χ2v) is 15.9. The van der Waals surface area contributed by atoms with Crippen molar-refractivity contribution in [2.45, 2.75) is 38.0 Å². The van der Waals surface area contributed by atoms with Gasteiger partial charge in [0, 0.05) is 25.8 Å². The Balaban J connectivity index is 1.88. The van der Waals surface area contributed by atoms with Gasteiger partial charge in [-0.1, -0.05) is 37.3 Å². The number of rotatable bonds is 8. The summed E-state index contributed by atoms with van der Waals surface area (Å²) in [5.74, 6) is -0.601. The number of hydrogen-bond donors (Lipinski definition) is 0. The highest BCUT2D eigenvalue weighted by atomic mass is 35.5. The van der Waals surface area contributed by atoms with E-state index in [0.29, 0.717) is 29.1 Å². The predicted octanol–water partition coefficient (Wildman–Crippen LogP) is 4.36. The average molecular weight is 478 g/mol. The first-order valence-electron chi connectivity index (χ1n) is 9.15. The number of hydrogen-bond acceptors (Lipinski definition) is 6. The topological polar surface area (TPSA) is 81.6 Å². The molecule has 30 heavy (non-hydrogen) atoms. The molecule has 1 aliphatic rings. The number of sulfonamides is 1. The van der Waals surface area contributed by atoms with Gasteiger partial charge < -0.3 is 9.47 Å². The summed E-state index contributed by atoms with van der Waals surface area (Å²) in [5, 5.41) is 0.272. The van der Waals surface area contributed by atoms with Crippen molar-refractivity contribution in [2.75, 3.05) is 17.6 Å². The lowest BCUT2D eigenvalue weighted by atomic mass is 10.0. The number of nitrogens with zero attached hydrogens (tertiary/aromatic N) is 3. The van der Waals surface area contributed by atoms with Gasteiger partial charge in [-0.05, 0) is 12.1 Å². The zero-order chi connectivity index (χ0) is 22.1. The van der Waals surface area contributed by atoms with E-state index in [1.54, 1.807) is 12.1 Å². The molecule has 0 aliphatic carbocycles. The largest absolute Gasteiger partial charge is 0.415 e. The van der Waals surface area contributed by atoms with Gasteiger partial charge in [-0.2, -0.15) is 8.78 Å². The van der Waals surface area contributed by atoms with Gasteiger partial charge in [0.15, 0.2) is 0 Å². The lowest BCUT2D eigenvalue weighted by molar-refractivity contribution is -0.0530. The van der Waals surface area contributed by atoms with Crippen LogP contribution < -0.4 is 9.04 Å². The van der Waals surface area contributed by atoms with Gasteiger partial charge in [0.25, 0.3) is 0 Å². The van der Waals surface area contributed by atoms with E-state index in [-0.39, 0.29) is 23.4 Å². The molecule has 3 rings (SSSR count). The van der Waals surface area contributed by atoms with Crippen molar-refractivity contribution in [1.29, 1.82) is 0 Å². The van der Waals surface area contributed by atoms with Crippen LogP contribution in [-0.2, 0) is 20.5 Å². The molecule has 0 unspecified atom stereocenters. The Morgan fingerprint density at radius 3 is 2.57 bits per heavy atom. The molecular formula is C18H22ClF2N3O4SSi. The molecule has 0 bridgehead atoms. The minimum absolute atomic E-state index is 0.129. The minimum atomic E-state index is -3.68. The van der Waals surface area contributed by atoms with Crippen molar-refractivity contribution < 1.29 is 26.7 Å².